The number of hydrogen-bond acceptors (Lipinski definition) is 2. The van der Waals surface area contributed by atoms with Crippen molar-refractivity contribution in [3.63, 3.8) is 0 Å². The summed E-state index contributed by atoms with van der Waals surface area (Å²) in [6, 6.07) is 0.554. The molecule has 0 saturated carbocycles. The lowest BCUT2D eigenvalue weighted by molar-refractivity contribution is 0.0117. The fraction of sp³-hybridized carbons (Fsp3) is 0.300. The van der Waals surface area contributed by atoms with Crippen LogP contribution in [0, 0.1) is 17.5 Å². The Hall–Kier alpha value is -1.41. The van der Waals surface area contributed by atoms with Crippen molar-refractivity contribution in [3.05, 3.63) is 35.1 Å². The van der Waals surface area contributed by atoms with Crippen LogP contribution in [0.3, 0.4) is 0 Å². The van der Waals surface area contributed by atoms with Crippen molar-refractivity contribution < 1.29 is 26.7 Å². The zero-order valence-electron chi connectivity index (χ0n) is 9.35. The smallest absolute Gasteiger partial charge is 0.277 e. The summed E-state index contributed by atoms with van der Waals surface area (Å²) in [5, 5.41) is 1.62. The van der Waals surface area contributed by atoms with Gasteiger partial charge in [0.15, 0.2) is 0 Å². The molecule has 0 radical (unpaired) electrons. The first-order chi connectivity index (χ1) is 8.26. The van der Waals surface area contributed by atoms with Crippen molar-refractivity contribution in [2.24, 2.45) is 5.73 Å². The van der Waals surface area contributed by atoms with Gasteiger partial charge in [-0.05, 0) is 0 Å². The molecule has 0 bridgehead atoms. The zero-order chi connectivity index (χ0) is 13.9. The highest BCUT2D eigenvalue weighted by Crippen LogP contribution is 2.15. The summed E-state index contributed by atoms with van der Waals surface area (Å²) in [6.45, 7) is -2.19. The summed E-state index contributed by atoms with van der Waals surface area (Å²) in [4.78, 5) is 11.3. The van der Waals surface area contributed by atoms with E-state index >= 15 is 0 Å². The number of carbonyl (C=O) groups is 1. The van der Waals surface area contributed by atoms with Crippen LogP contribution in [0.25, 0.3) is 0 Å². The van der Waals surface area contributed by atoms with Crippen LogP contribution in [0.15, 0.2) is 12.1 Å². The molecule has 0 aliphatic carbocycles. The number of benzene rings is 1. The van der Waals surface area contributed by atoms with Crippen LogP contribution in [0.1, 0.15) is 10.4 Å². The molecule has 3 nitrogen and oxygen atoms in total. The van der Waals surface area contributed by atoms with Crippen molar-refractivity contribution in [2.75, 3.05) is 13.1 Å². The highest BCUT2D eigenvalue weighted by atomic mass is 35.5. The first kappa shape index (κ1) is 17.6. The van der Waals surface area contributed by atoms with Crippen molar-refractivity contribution in [1.82, 2.24) is 5.32 Å². The lowest BCUT2D eigenvalue weighted by atomic mass is 10.1. The van der Waals surface area contributed by atoms with E-state index in [0.717, 1.165) is 0 Å². The van der Waals surface area contributed by atoms with Gasteiger partial charge in [0.1, 0.15) is 23.0 Å². The van der Waals surface area contributed by atoms with Gasteiger partial charge in [-0.1, -0.05) is 0 Å². The van der Waals surface area contributed by atoms with E-state index < -0.39 is 47.9 Å². The molecule has 0 aromatic heterocycles. The van der Waals surface area contributed by atoms with E-state index in [1.807, 2.05) is 0 Å². The van der Waals surface area contributed by atoms with Crippen LogP contribution in [0.2, 0.25) is 0 Å². The van der Waals surface area contributed by atoms with Crippen LogP contribution in [0.4, 0.5) is 22.0 Å². The molecule has 0 unspecified atom stereocenters. The minimum absolute atomic E-state index is 0. The SMILES string of the molecule is Cl.NCC(F)(F)CNC(=O)c1c(F)cc(F)cc1F. The molecule has 19 heavy (non-hydrogen) atoms. The van der Waals surface area contributed by atoms with Gasteiger partial charge in [-0.3, -0.25) is 4.79 Å². The van der Waals surface area contributed by atoms with E-state index in [0.29, 0.717) is 0 Å². The summed E-state index contributed by atoms with van der Waals surface area (Å²) in [5.74, 6) is -8.95. The molecule has 0 saturated heterocycles. The monoisotopic (exact) mass is 304 g/mol. The van der Waals surface area contributed by atoms with E-state index in [1.54, 1.807) is 5.32 Å². The molecule has 0 atom stereocenters. The van der Waals surface area contributed by atoms with E-state index in [-0.39, 0.29) is 24.5 Å². The molecule has 0 fully saturated rings. The Balaban J connectivity index is 0.00000324. The van der Waals surface area contributed by atoms with E-state index in [9.17, 15) is 26.7 Å². The average molecular weight is 305 g/mol. The fourth-order valence-corrected chi connectivity index (χ4v) is 1.13. The van der Waals surface area contributed by atoms with Gasteiger partial charge in [-0.25, -0.2) is 22.0 Å². The Morgan fingerprint density at radius 1 is 1.21 bits per heavy atom. The number of hydrogen-bond donors (Lipinski definition) is 2. The van der Waals surface area contributed by atoms with Crippen molar-refractivity contribution in [1.29, 1.82) is 0 Å². The summed E-state index contributed by atoms with van der Waals surface area (Å²) in [5.41, 5.74) is 3.59. The normalized spacial score (nSPS) is 10.8. The number of amides is 1. The Morgan fingerprint density at radius 3 is 2.11 bits per heavy atom. The summed E-state index contributed by atoms with van der Waals surface area (Å²) in [6.07, 6.45) is 0. The van der Waals surface area contributed by atoms with Gasteiger partial charge >= 0.3 is 0 Å². The number of nitrogens with one attached hydrogen (secondary N) is 1. The van der Waals surface area contributed by atoms with Gasteiger partial charge in [0.25, 0.3) is 11.8 Å². The third-order valence-corrected chi connectivity index (χ3v) is 2.04. The minimum Gasteiger partial charge on any atom is -0.346 e. The molecular weight excluding hydrogens is 295 g/mol. The standard InChI is InChI=1S/C10H9F5N2O.ClH/c11-5-1-6(12)8(7(13)2-5)9(18)17-4-10(14,15)3-16;/h1-2H,3-4,16H2,(H,17,18);1H. The molecule has 0 aliphatic rings. The third-order valence-electron chi connectivity index (χ3n) is 2.04. The van der Waals surface area contributed by atoms with Crippen LogP contribution in [-0.2, 0) is 0 Å². The average Bonchev–Trinajstić information content (AvgIpc) is 2.25. The Kier molecular flexibility index (Phi) is 6.17. The minimum atomic E-state index is -3.39. The second-order valence-electron chi connectivity index (χ2n) is 3.49. The molecule has 0 aliphatic heterocycles. The van der Waals surface area contributed by atoms with Gasteiger partial charge in [0.2, 0.25) is 0 Å². The molecular formula is C10H10ClF5N2O. The highest BCUT2D eigenvalue weighted by molar-refractivity contribution is 5.94. The van der Waals surface area contributed by atoms with Crippen molar-refractivity contribution in [2.45, 2.75) is 5.92 Å². The summed E-state index contributed by atoms with van der Waals surface area (Å²) in [7, 11) is 0. The van der Waals surface area contributed by atoms with Gasteiger partial charge in [-0.15, -0.1) is 12.4 Å². The molecule has 1 amide bonds. The number of carbonyl (C=O) groups excluding carboxylic acids is 1. The van der Waals surface area contributed by atoms with Gasteiger partial charge in [-0.2, -0.15) is 0 Å². The molecule has 1 aromatic carbocycles. The number of halogens is 6. The second kappa shape index (κ2) is 6.67. The second-order valence-corrected chi connectivity index (χ2v) is 3.49. The molecule has 9 heteroatoms. The fourth-order valence-electron chi connectivity index (χ4n) is 1.13. The predicted octanol–water partition coefficient (Wildman–Crippen LogP) is 1.85. The maximum atomic E-state index is 13.1. The number of alkyl halides is 2. The van der Waals surface area contributed by atoms with Crippen molar-refractivity contribution in [3.8, 4) is 0 Å². The van der Waals surface area contributed by atoms with Gasteiger partial charge < -0.3 is 11.1 Å². The molecule has 1 aromatic rings. The molecule has 1 rings (SSSR count). The van der Waals surface area contributed by atoms with Crippen LogP contribution < -0.4 is 11.1 Å². The quantitative estimate of drug-likeness (QED) is 0.834. The Morgan fingerprint density at radius 2 is 1.68 bits per heavy atom. The number of rotatable bonds is 4. The summed E-state index contributed by atoms with van der Waals surface area (Å²) < 4.78 is 64.2. The van der Waals surface area contributed by atoms with Crippen LogP contribution in [0.5, 0.6) is 0 Å². The third kappa shape index (κ3) is 4.64. The molecule has 0 spiro atoms. The van der Waals surface area contributed by atoms with Gasteiger partial charge in [0.05, 0.1) is 13.1 Å². The molecule has 108 valence electrons. The van der Waals surface area contributed by atoms with E-state index in [2.05, 4.69) is 0 Å². The first-order valence-electron chi connectivity index (χ1n) is 4.77. The Labute approximate surface area is 111 Å². The lowest BCUT2D eigenvalue weighted by Gasteiger charge is -2.14. The maximum absolute atomic E-state index is 13.1. The lowest BCUT2D eigenvalue weighted by Crippen LogP contribution is -2.42. The largest absolute Gasteiger partial charge is 0.346 e. The topological polar surface area (TPSA) is 55.1 Å². The van der Waals surface area contributed by atoms with Crippen molar-refractivity contribution >= 4 is 18.3 Å². The highest BCUT2D eigenvalue weighted by Gasteiger charge is 2.28. The first-order valence-corrected chi connectivity index (χ1v) is 4.77. The van der Waals surface area contributed by atoms with E-state index in [4.69, 9.17) is 5.73 Å². The molecule has 3 N–H and O–H groups in total. The Bertz CT molecular complexity index is 446. The van der Waals surface area contributed by atoms with Crippen LogP contribution >= 0.6 is 12.4 Å². The zero-order valence-corrected chi connectivity index (χ0v) is 10.2. The number of nitrogens with two attached hydrogens (primary N) is 1. The van der Waals surface area contributed by atoms with Gasteiger partial charge in [0, 0.05) is 12.1 Å². The van der Waals surface area contributed by atoms with Crippen LogP contribution in [-0.4, -0.2) is 24.9 Å². The maximum Gasteiger partial charge on any atom is 0.277 e. The molecule has 0 heterocycles. The summed E-state index contributed by atoms with van der Waals surface area (Å²) >= 11 is 0. The predicted molar refractivity (Wildman–Crippen MR) is 59.9 cm³/mol. The van der Waals surface area contributed by atoms with E-state index in [1.165, 1.54) is 0 Å².